The third kappa shape index (κ3) is 3.28. The number of benzene rings is 1. The summed E-state index contributed by atoms with van der Waals surface area (Å²) in [6.07, 6.45) is 3.94. The molecule has 1 aromatic carbocycles. The molecule has 2 rings (SSSR count). The summed E-state index contributed by atoms with van der Waals surface area (Å²) in [6, 6.07) is 7.12. The molecule has 0 aliphatic rings. The smallest absolute Gasteiger partial charge is 0.338 e. The van der Waals surface area contributed by atoms with E-state index in [0.717, 1.165) is 11.8 Å². The summed E-state index contributed by atoms with van der Waals surface area (Å²) in [7, 11) is 0. The van der Waals surface area contributed by atoms with E-state index in [0.29, 0.717) is 24.3 Å². The summed E-state index contributed by atoms with van der Waals surface area (Å²) >= 11 is 0. The fraction of sp³-hybridized carbons (Fsp3) is 0.214. The molecule has 0 N–H and O–H groups in total. The zero-order valence-corrected chi connectivity index (χ0v) is 10.6. The first-order chi connectivity index (χ1) is 9.22. The summed E-state index contributed by atoms with van der Waals surface area (Å²) < 4.78 is 6.58. The first-order valence-corrected chi connectivity index (χ1v) is 5.96. The van der Waals surface area contributed by atoms with Gasteiger partial charge in [0.05, 0.1) is 30.5 Å². The van der Waals surface area contributed by atoms with Crippen LogP contribution in [-0.4, -0.2) is 28.6 Å². The zero-order valence-electron chi connectivity index (χ0n) is 10.6. The van der Waals surface area contributed by atoms with Crippen molar-refractivity contribution in [2.75, 3.05) is 6.61 Å². The quantitative estimate of drug-likeness (QED) is 0.607. The fourth-order valence-corrected chi connectivity index (χ4v) is 1.67. The predicted molar refractivity (Wildman–Crippen MR) is 69.1 cm³/mol. The molecule has 5 heteroatoms. The molecule has 0 atom stereocenters. The second-order valence-corrected chi connectivity index (χ2v) is 4.01. The molecule has 0 saturated heterocycles. The second-order valence-electron chi connectivity index (χ2n) is 4.01. The van der Waals surface area contributed by atoms with E-state index in [2.05, 4.69) is 5.10 Å². The number of carbonyl (C=O) groups excluding carboxylic acids is 2. The molecule has 1 heterocycles. The number of ether oxygens (including phenoxy) is 1. The lowest BCUT2D eigenvalue weighted by atomic mass is 10.1. The minimum atomic E-state index is -0.323. The third-order valence-electron chi connectivity index (χ3n) is 2.60. The third-order valence-corrected chi connectivity index (χ3v) is 2.60. The van der Waals surface area contributed by atoms with Gasteiger partial charge >= 0.3 is 5.97 Å². The largest absolute Gasteiger partial charge is 0.462 e. The molecule has 2 aromatic rings. The number of carbonyl (C=O) groups is 2. The molecular weight excluding hydrogens is 244 g/mol. The molecule has 0 bridgehead atoms. The SMILES string of the molecule is CCOC(=O)c1ccc(Cn2cc(C=O)cn2)cc1. The van der Waals surface area contributed by atoms with E-state index >= 15 is 0 Å². The standard InChI is InChI=1S/C14H14N2O3/c1-2-19-14(18)13-5-3-11(4-6-13)8-16-9-12(10-17)7-15-16/h3-7,9-10H,2,8H2,1H3. The molecular formula is C14H14N2O3. The molecule has 0 aliphatic carbocycles. The predicted octanol–water partition coefficient (Wildman–Crippen LogP) is 1.92. The van der Waals surface area contributed by atoms with Crippen LogP contribution in [0.15, 0.2) is 36.7 Å². The normalized spacial score (nSPS) is 10.2. The Morgan fingerprint density at radius 3 is 2.68 bits per heavy atom. The lowest BCUT2D eigenvalue weighted by Gasteiger charge is -2.04. The first-order valence-electron chi connectivity index (χ1n) is 5.96. The van der Waals surface area contributed by atoms with Crippen LogP contribution in [0.2, 0.25) is 0 Å². The Labute approximate surface area is 110 Å². The highest BCUT2D eigenvalue weighted by Gasteiger charge is 2.06. The highest BCUT2D eigenvalue weighted by atomic mass is 16.5. The molecule has 19 heavy (non-hydrogen) atoms. The Morgan fingerprint density at radius 1 is 1.37 bits per heavy atom. The molecule has 0 aliphatic heterocycles. The van der Waals surface area contributed by atoms with Crippen LogP contribution in [-0.2, 0) is 11.3 Å². The number of rotatable bonds is 5. The van der Waals surface area contributed by atoms with Crippen molar-refractivity contribution in [1.29, 1.82) is 0 Å². The molecule has 0 amide bonds. The van der Waals surface area contributed by atoms with Gasteiger partial charge < -0.3 is 4.74 Å². The van der Waals surface area contributed by atoms with Crippen molar-refractivity contribution in [2.45, 2.75) is 13.5 Å². The van der Waals surface area contributed by atoms with Crippen LogP contribution in [0.4, 0.5) is 0 Å². The highest BCUT2D eigenvalue weighted by molar-refractivity contribution is 5.89. The van der Waals surface area contributed by atoms with Gasteiger partial charge in [-0.05, 0) is 24.6 Å². The van der Waals surface area contributed by atoms with Crippen LogP contribution in [0.3, 0.4) is 0 Å². The molecule has 0 spiro atoms. The minimum absolute atomic E-state index is 0.323. The number of hydrogen-bond donors (Lipinski definition) is 0. The van der Waals surface area contributed by atoms with Crippen LogP contribution in [0, 0.1) is 0 Å². The maximum absolute atomic E-state index is 11.5. The van der Waals surface area contributed by atoms with Gasteiger partial charge in [0.25, 0.3) is 0 Å². The van der Waals surface area contributed by atoms with E-state index in [1.165, 1.54) is 6.20 Å². The van der Waals surface area contributed by atoms with E-state index in [1.54, 1.807) is 29.9 Å². The maximum atomic E-state index is 11.5. The number of aromatic nitrogens is 2. The Balaban J connectivity index is 2.06. The monoisotopic (exact) mass is 258 g/mol. The van der Waals surface area contributed by atoms with Gasteiger partial charge in [0.1, 0.15) is 0 Å². The number of nitrogens with zero attached hydrogens (tertiary/aromatic N) is 2. The average molecular weight is 258 g/mol. The summed E-state index contributed by atoms with van der Waals surface area (Å²) in [4.78, 5) is 22.0. The molecule has 5 nitrogen and oxygen atoms in total. The Bertz CT molecular complexity index is 573. The van der Waals surface area contributed by atoms with Gasteiger partial charge in [-0.2, -0.15) is 5.10 Å². The van der Waals surface area contributed by atoms with E-state index in [-0.39, 0.29) is 5.97 Å². The van der Waals surface area contributed by atoms with Gasteiger partial charge in [-0.3, -0.25) is 9.48 Å². The molecule has 0 fully saturated rings. The van der Waals surface area contributed by atoms with Gasteiger partial charge in [0.2, 0.25) is 0 Å². The second kappa shape index (κ2) is 5.95. The van der Waals surface area contributed by atoms with Crippen LogP contribution >= 0.6 is 0 Å². The Morgan fingerprint density at radius 2 is 2.11 bits per heavy atom. The zero-order chi connectivity index (χ0) is 13.7. The molecule has 98 valence electrons. The van der Waals surface area contributed by atoms with Gasteiger partial charge in [0.15, 0.2) is 6.29 Å². The van der Waals surface area contributed by atoms with Crippen molar-refractivity contribution < 1.29 is 14.3 Å². The topological polar surface area (TPSA) is 61.2 Å². The van der Waals surface area contributed by atoms with Gasteiger partial charge in [0, 0.05) is 6.20 Å². The molecule has 0 unspecified atom stereocenters. The lowest BCUT2D eigenvalue weighted by Crippen LogP contribution is -2.05. The summed E-state index contributed by atoms with van der Waals surface area (Å²) in [5.74, 6) is -0.323. The van der Waals surface area contributed by atoms with Crippen molar-refractivity contribution in [3.05, 3.63) is 53.3 Å². The van der Waals surface area contributed by atoms with Crippen molar-refractivity contribution in [1.82, 2.24) is 9.78 Å². The van der Waals surface area contributed by atoms with Crippen molar-refractivity contribution >= 4 is 12.3 Å². The Kier molecular flexibility index (Phi) is 4.07. The molecule has 1 aromatic heterocycles. The lowest BCUT2D eigenvalue weighted by molar-refractivity contribution is 0.0526. The summed E-state index contributed by atoms with van der Waals surface area (Å²) in [5, 5.41) is 4.06. The van der Waals surface area contributed by atoms with Gasteiger partial charge in [-0.1, -0.05) is 12.1 Å². The highest BCUT2D eigenvalue weighted by Crippen LogP contribution is 2.08. The minimum Gasteiger partial charge on any atom is -0.462 e. The number of hydrogen-bond acceptors (Lipinski definition) is 4. The average Bonchev–Trinajstić information content (AvgIpc) is 2.87. The van der Waals surface area contributed by atoms with Crippen molar-refractivity contribution in [2.24, 2.45) is 0 Å². The fourth-order valence-electron chi connectivity index (χ4n) is 1.67. The van der Waals surface area contributed by atoms with E-state index in [1.807, 2.05) is 12.1 Å². The van der Waals surface area contributed by atoms with Crippen LogP contribution in [0.1, 0.15) is 33.2 Å². The van der Waals surface area contributed by atoms with E-state index in [9.17, 15) is 9.59 Å². The molecule has 0 saturated carbocycles. The van der Waals surface area contributed by atoms with Gasteiger partial charge in [-0.25, -0.2) is 4.79 Å². The van der Waals surface area contributed by atoms with Crippen molar-refractivity contribution in [3.8, 4) is 0 Å². The van der Waals surface area contributed by atoms with E-state index in [4.69, 9.17) is 4.74 Å². The first kappa shape index (κ1) is 13.0. The number of esters is 1. The molecule has 0 radical (unpaired) electrons. The summed E-state index contributed by atoms with van der Waals surface area (Å²) in [5.41, 5.74) is 2.07. The van der Waals surface area contributed by atoms with Crippen molar-refractivity contribution in [3.63, 3.8) is 0 Å². The maximum Gasteiger partial charge on any atom is 0.338 e. The van der Waals surface area contributed by atoms with Crippen LogP contribution in [0.25, 0.3) is 0 Å². The number of aldehydes is 1. The van der Waals surface area contributed by atoms with Crippen LogP contribution in [0.5, 0.6) is 0 Å². The summed E-state index contributed by atoms with van der Waals surface area (Å²) in [6.45, 7) is 2.69. The Hall–Kier alpha value is -2.43. The van der Waals surface area contributed by atoms with E-state index < -0.39 is 0 Å². The van der Waals surface area contributed by atoms with Crippen LogP contribution < -0.4 is 0 Å². The van der Waals surface area contributed by atoms with Gasteiger partial charge in [-0.15, -0.1) is 0 Å².